The Hall–Kier alpha value is -2.62. The SMILES string of the molecule is CCCNC(=O)[C@@H](CC)N(Cc1cccc(C)c1)C(=O)Cc1ccccc1. The van der Waals surface area contributed by atoms with Crippen LogP contribution in [0.3, 0.4) is 0 Å². The molecule has 0 aliphatic heterocycles. The number of hydrogen-bond acceptors (Lipinski definition) is 2. The van der Waals surface area contributed by atoms with Gasteiger partial charge in [-0.25, -0.2) is 0 Å². The number of amides is 2. The minimum atomic E-state index is -0.465. The summed E-state index contributed by atoms with van der Waals surface area (Å²) in [7, 11) is 0. The van der Waals surface area contributed by atoms with E-state index >= 15 is 0 Å². The molecule has 4 nitrogen and oxygen atoms in total. The molecule has 0 aliphatic rings. The van der Waals surface area contributed by atoms with Crippen molar-refractivity contribution in [1.29, 1.82) is 0 Å². The maximum absolute atomic E-state index is 13.1. The molecule has 1 atom stereocenters. The van der Waals surface area contributed by atoms with Gasteiger partial charge in [-0.15, -0.1) is 0 Å². The second kappa shape index (κ2) is 10.5. The molecule has 0 spiro atoms. The molecular weight excluding hydrogens is 336 g/mol. The lowest BCUT2D eigenvalue weighted by Gasteiger charge is -2.31. The van der Waals surface area contributed by atoms with Crippen molar-refractivity contribution in [2.75, 3.05) is 6.54 Å². The van der Waals surface area contributed by atoms with E-state index in [1.807, 2.05) is 69.3 Å². The largest absolute Gasteiger partial charge is 0.354 e. The van der Waals surface area contributed by atoms with Gasteiger partial charge in [-0.1, -0.05) is 74.0 Å². The number of nitrogens with zero attached hydrogens (tertiary/aromatic N) is 1. The van der Waals surface area contributed by atoms with Gasteiger partial charge in [0, 0.05) is 13.1 Å². The average Bonchev–Trinajstić information content (AvgIpc) is 2.67. The summed E-state index contributed by atoms with van der Waals surface area (Å²) in [5.41, 5.74) is 3.14. The van der Waals surface area contributed by atoms with Gasteiger partial charge in [0.25, 0.3) is 0 Å². The van der Waals surface area contributed by atoms with E-state index in [1.54, 1.807) is 4.90 Å². The lowest BCUT2D eigenvalue weighted by molar-refractivity contribution is -0.140. The van der Waals surface area contributed by atoms with Crippen LogP contribution in [0, 0.1) is 6.92 Å². The highest BCUT2D eigenvalue weighted by molar-refractivity contribution is 5.88. The van der Waals surface area contributed by atoms with Crippen molar-refractivity contribution in [2.45, 2.75) is 52.6 Å². The molecule has 0 aliphatic carbocycles. The van der Waals surface area contributed by atoms with Crippen LogP contribution in [-0.2, 0) is 22.6 Å². The predicted molar refractivity (Wildman–Crippen MR) is 109 cm³/mol. The van der Waals surface area contributed by atoms with E-state index < -0.39 is 6.04 Å². The Bertz CT molecular complexity index is 743. The van der Waals surface area contributed by atoms with Crippen LogP contribution in [0.25, 0.3) is 0 Å². The molecule has 2 amide bonds. The minimum absolute atomic E-state index is 0.0267. The zero-order chi connectivity index (χ0) is 19.6. The molecule has 2 aromatic rings. The van der Waals surface area contributed by atoms with E-state index in [2.05, 4.69) is 11.4 Å². The molecule has 144 valence electrons. The van der Waals surface area contributed by atoms with Crippen LogP contribution >= 0.6 is 0 Å². The molecule has 4 heteroatoms. The molecule has 1 N–H and O–H groups in total. The quantitative estimate of drug-likeness (QED) is 0.732. The van der Waals surface area contributed by atoms with Gasteiger partial charge < -0.3 is 10.2 Å². The van der Waals surface area contributed by atoms with Gasteiger partial charge in [0.05, 0.1) is 6.42 Å². The van der Waals surface area contributed by atoms with E-state index in [1.165, 1.54) is 0 Å². The molecule has 2 rings (SSSR count). The van der Waals surface area contributed by atoms with E-state index in [4.69, 9.17) is 0 Å². The van der Waals surface area contributed by atoms with Crippen molar-refractivity contribution >= 4 is 11.8 Å². The van der Waals surface area contributed by atoms with Gasteiger partial charge in [0.15, 0.2) is 0 Å². The number of nitrogens with one attached hydrogen (secondary N) is 1. The summed E-state index contributed by atoms with van der Waals surface area (Å²) in [6, 6.07) is 17.3. The van der Waals surface area contributed by atoms with Crippen LogP contribution in [0.4, 0.5) is 0 Å². The lowest BCUT2D eigenvalue weighted by atomic mass is 10.1. The van der Waals surface area contributed by atoms with Crippen molar-refractivity contribution in [3.8, 4) is 0 Å². The third kappa shape index (κ3) is 6.24. The number of hydrogen-bond donors (Lipinski definition) is 1. The number of aryl methyl sites for hydroxylation is 1. The molecule has 0 fully saturated rings. The zero-order valence-electron chi connectivity index (χ0n) is 16.6. The molecular formula is C23H30N2O2. The minimum Gasteiger partial charge on any atom is -0.354 e. The Balaban J connectivity index is 2.25. The summed E-state index contributed by atoms with van der Waals surface area (Å²) < 4.78 is 0. The van der Waals surface area contributed by atoms with Crippen molar-refractivity contribution in [3.63, 3.8) is 0 Å². The molecule has 0 saturated heterocycles. The van der Waals surface area contributed by atoms with E-state index in [0.717, 1.165) is 23.1 Å². The van der Waals surface area contributed by atoms with Crippen molar-refractivity contribution in [1.82, 2.24) is 10.2 Å². The molecule has 0 bridgehead atoms. The summed E-state index contributed by atoms with van der Waals surface area (Å²) in [5.74, 6) is -0.102. The fourth-order valence-electron chi connectivity index (χ4n) is 3.16. The molecule has 0 saturated carbocycles. The maximum atomic E-state index is 13.1. The highest BCUT2D eigenvalue weighted by Gasteiger charge is 2.28. The molecule has 0 heterocycles. The summed E-state index contributed by atoms with van der Waals surface area (Å²) in [5, 5.41) is 2.95. The van der Waals surface area contributed by atoms with Crippen LogP contribution in [0.5, 0.6) is 0 Å². The molecule has 0 radical (unpaired) electrons. The molecule has 0 unspecified atom stereocenters. The highest BCUT2D eigenvalue weighted by atomic mass is 16.2. The van der Waals surface area contributed by atoms with Gasteiger partial charge >= 0.3 is 0 Å². The monoisotopic (exact) mass is 366 g/mol. The van der Waals surface area contributed by atoms with E-state index in [0.29, 0.717) is 25.9 Å². The van der Waals surface area contributed by atoms with Crippen LogP contribution in [-0.4, -0.2) is 29.3 Å². The smallest absolute Gasteiger partial charge is 0.242 e. The van der Waals surface area contributed by atoms with Gasteiger partial charge in [-0.3, -0.25) is 9.59 Å². The Morgan fingerprint density at radius 1 is 1.00 bits per heavy atom. The number of carbonyl (C=O) groups is 2. The first-order valence-electron chi connectivity index (χ1n) is 9.71. The van der Waals surface area contributed by atoms with Gasteiger partial charge in [-0.05, 0) is 30.9 Å². The van der Waals surface area contributed by atoms with Gasteiger partial charge in [-0.2, -0.15) is 0 Å². The van der Waals surface area contributed by atoms with E-state index in [-0.39, 0.29) is 11.8 Å². The Morgan fingerprint density at radius 2 is 1.70 bits per heavy atom. The Labute approximate surface area is 162 Å². The average molecular weight is 367 g/mol. The first-order chi connectivity index (χ1) is 13.0. The summed E-state index contributed by atoms with van der Waals surface area (Å²) in [4.78, 5) is 27.5. The second-order valence-corrected chi connectivity index (χ2v) is 6.89. The molecule has 27 heavy (non-hydrogen) atoms. The summed E-state index contributed by atoms with van der Waals surface area (Å²) in [6.45, 7) is 7.07. The lowest BCUT2D eigenvalue weighted by Crippen LogP contribution is -2.49. The second-order valence-electron chi connectivity index (χ2n) is 6.89. The van der Waals surface area contributed by atoms with Gasteiger partial charge in [0.1, 0.15) is 6.04 Å². The first-order valence-corrected chi connectivity index (χ1v) is 9.71. The number of rotatable bonds is 9. The van der Waals surface area contributed by atoms with Gasteiger partial charge in [0.2, 0.25) is 11.8 Å². The number of carbonyl (C=O) groups excluding carboxylic acids is 2. The Kier molecular flexibility index (Phi) is 8.05. The van der Waals surface area contributed by atoms with Crippen LogP contribution in [0.1, 0.15) is 43.4 Å². The van der Waals surface area contributed by atoms with Crippen molar-refractivity contribution in [3.05, 3.63) is 71.3 Å². The zero-order valence-corrected chi connectivity index (χ0v) is 16.6. The topological polar surface area (TPSA) is 49.4 Å². The predicted octanol–water partition coefficient (Wildman–Crippen LogP) is 3.87. The molecule has 2 aromatic carbocycles. The fourth-order valence-corrected chi connectivity index (χ4v) is 3.16. The summed E-state index contributed by atoms with van der Waals surface area (Å²) >= 11 is 0. The highest BCUT2D eigenvalue weighted by Crippen LogP contribution is 2.15. The normalized spacial score (nSPS) is 11.7. The van der Waals surface area contributed by atoms with Crippen LogP contribution < -0.4 is 5.32 Å². The van der Waals surface area contributed by atoms with Crippen molar-refractivity contribution in [2.24, 2.45) is 0 Å². The third-order valence-corrected chi connectivity index (χ3v) is 4.57. The van der Waals surface area contributed by atoms with Crippen molar-refractivity contribution < 1.29 is 9.59 Å². The fraction of sp³-hybridized carbons (Fsp3) is 0.391. The maximum Gasteiger partial charge on any atom is 0.242 e. The van der Waals surface area contributed by atoms with Crippen LogP contribution in [0.2, 0.25) is 0 Å². The first kappa shape index (κ1) is 20.7. The molecule has 0 aromatic heterocycles. The number of benzene rings is 2. The third-order valence-electron chi connectivity index (χ3n) is 4.57. The van der Waals surface area contributed by atoms with Crippen LogP contribution in [0.15, 0.2) is 54.6 Å². The standard InChI is InChI=1S/C23H30N2O2/c1-4-14-24-23(27)21(5-2)25(17-20-13-9-10-18(3)15-20)22(26)16-19-11-7-6-8-12-19/h6-13,15,21H,4-5,14,16-17H2,1-3H3,(H,24,27)/t21-/m1/s1. The summed E-state index contributed by atoms with van der Waals surface area (Å²) in [6.07, 6.45) is 1.75. The Morgan fingerprint density at radius 3 is 2.33 bits per heavy atom. The van der Waals surface area contributed by atoms with E-state index in [9.17, 15) is 9.59 Å².